The fourth-order valence-electron chi connectivity index (χ4n) is 2.23. The highest BCUT2D eigenvalue weighted by Crippen LogP contribution is 2.24. The summed E-state index contributed by atoms with van der Waals surface area (Å²) in [4.78, 5) is 24.0. The Kier molecular flexibility index (Phi) is 4.72. The van der Waals surface area contributed by atoms with E-state index in [0.717, 1.165) is 11.3 Å². The van der Waals surface area contributed by atoms with Crippen molar-refractivity contribution >= 4 is 33.8 Å². The van der Waals surface area contributed by atoms with Crippen LogP contribution in [0.1, 0.15) is 22.2 Å². The molecule has 0 aliphatic carbocycles. The molecule has 3 aromatic rings. The number of rotatable bonds is 5. The van der Waals surface area contributed by atoms with Crippen molar-refractivity contribution in [3.63, 3.8) is 0 Å². The number of thiophene rings is 1. The van der Waals surface area contributed by atoms with E-state index in [-0.39, 0.29) is 11.8 Å². The van der Waals surface area contributed by atoms with Crippen molar-refractivity contribution in [2.75, 3.05) is 10.6 Å². The number of carbonyl (C=O) groups is 2. The van der Waals surface area contributed by atoms with Crippen molar-refractivity contribution in [1.29, 1.82) is 0 Å². The van der Waals surface area contributed by atoms with E-state index in [1.165, 1.54) is 18.3 Å². The fraction of sp³-hybridized carbons (Fsp3) is 0.118. The van der Waals surface area contributed by atoms with E-state index in [9.17, 15) is 9.59 Å². The molecule has 0 bridgehead atoms. The van der Waals surface area contributed by atoms with E-state index < -0.39 is 0 Å². The van der Waals surface area contributed by atoms with Gasteiger partial charge in [-0.3, -0.25) is 14.3 Å². The van der Waals surface area contributed by atoms with Crippen molar-refractivity contribution in [2.45, 2.75) is 13.5 Å². The van der Waals surface area contributed by atoms with Crippen LogP contribution >= 0.6 is 11.3 Å². The molecule has 0 spiro atoms. The van der Waals surface area contributed by atoms with E-state index in [1.807, 2.05) is 36.5 Å². The number of hydrogen-bond acceptors (Lipinski definition) is 4. The molecule has 0 atom stereocenters. The van der Waals surface area contributed by atoms with Crippen LogP contribution in [0.4, 0.5) is 10.7 Å². The molecular weight excluding hydrogens is 324 g/mol. The van der Waals surface area contributed by atoms with E-state index in [4.69, 9.17) is 0 Å². The largest absolute Gasteiger partial charge is 0.321 e. The highest BCUT2D eigenvalue weighted by atomic mass is 32.1. The third kappa shape index (κ3) is 3.88. The number of nitrogens with one attached hydrogen (secondary N) is 2. The molecule has 0 radical (unpaired) electrons. The fourth-order valence-corrected chi connectivity index (χ4v) is 3.08. The second-order valence-electron chi connectivity index (χ2n) is 5.16. The molecule has 3 rings (SSSR count). The molecule has 1 aromatic carbocycles. The highest BCUT2D eigenvalue weighted by molar-refractivity contribution is 7.18. The molecule has 0 fully saturated rings. The van der Waals surface area contributed by atoms with Crippen LogP contribution in [0.3, 0.4) is 0 Å². The summed E-state index contributed by atoms with van der Waals surface area (Å²) < 4.78 is 1.80. The second-order valence-corrected chi connectivity index (χ2v) is 6.24. The zero-order valence-corrected chi connectivity index (χ0v) is 13.8. The van der Waals surface area contributed by atoms with Crippen LogP contribution in [-0.2, 0) is 11.3 Å². The molecule has 2 aromatic heterocycles. The number of anilines is 2. The average molecular weight is 340 g/mol. The lowest BCUT2D eigenvalue weighted by Crippen LogP contribution is -2.13. The summed E-state index contributed by atoms with van der Waals surface area (Å²) in [6.07, 6.45) is 3.59. The van der Waals surface area contributed by atoms with Gasteiger partial charge < -0.3 is 10.6 Å². The van der Waals surface area contributed by atoms with Gasteiger partial charge in [0.25, 0.3) is 5.91 Å². The van der Waals surface area contributed by atoms with Gasteiger partial charge in [-0.05, 0) is 29.8 Å². The van der Waals surface area contributed by atoms with Gasteiger partial charge in [-0.2, -0.15) is 5.10 Å². The van der Waals surface area contributed by atoms with E-state index >= 15 is 0 Å². The number of hydrogen-bond donors (Lipinski definition) is 2. The monoisotopic (exact) mass is 340 g/mol. The van der Waals surface area contributed by atoms with E-state index in [1.54, 1.807) is 23.0 Å². The highest BCUT2D eigenvalue weighted by Gasteiger charge is 2.12. The van der Waals surface area contributed by atoms with Crippen LogP contribution in [0.25, 0.3) is 0 Å². The third-order valence-corrected chi connectivity index (χ3v) is 4.29. The van der Waals surface area contributed by atoms with Crippen LogP contribution in [0.15, 0.2) is 54.9 Å². The Labute approximate surface area is 143 Å². The Morgan fingerprint density at radius 3 is 2.71 bits per heavy atom. The third-order valence-electron chi connectivity index (χ3n) is 3.29. The van der Waals surface area contributed by atoms with Gasteiger partial charge in [-0.1, -0.05) is 18.2 Å². The van der Waals surface area contributed by atoms with Gasteiger partial charge in [0.2, 0.25) is 5.91 Å². The van der Waals surface area contributed by atoms with Crippen LogP contribution in [0.2, 0.25) is 0 Å². The number of benzene rings is 1. The van der Waals surface area contributed by atoms with Gasteiger partial charge in [0.1, 0.15) is 0 Å². The quantitative estimate of drug-likeness (QED) is 0.749. The summed E-state index contributed by atoms with van der Waals surface area (Å²) in [6, 6.07) is 12.9. The Bertz CT molecular complexity index is 855. The lowest BCUT2D eigenvalue weighted by molar-refractivity contribution is -0.114. The minimum atomic E-state index is -0.204. The zero-order chi connectivity index (χ0) is 16.9. The predicted molar refractivity (Wildman–Crippen MR) is 94.3 cm³/mol. The molecule has 7 heteroatoms. The predicted octanol–water partition coefficient (Wildman–Crippen LogP) is 3.20. The van der Waals surface area contributed by atoms with Crippen molar-refractivity contribution in [2.24, 2.45) is 0 Å². The van der Waals surface area contributed by atoms with Crippen LogP contribution in [-0.4, -0.2) is 21.6 Å². The lowest BCUT2D eigenvalue weighted by Gasteiger charge is -2.10. The molecule has 2 amide bonds. The van der Waals surface area contributed by atoms with Gasteiger partial charge in [-0.15, -0.1) is 11.3 Å². The van der Waals surface area contributed by atoms with Crippen molar-refractivity contribution < 1.29 is 9.59 Å². The van der Waals surface area contributed by atoms with Crippen LogP contribution in [0, 0.1) is 0 Å². The first-order chi connectivity index (χ1) is 11.6. The number of aromatic nitrogens is 2. The SMILES string of the molecule is CC(=O)Nc1ccc(C(=O)Nc2ccccc2Cn2cccn2)s1. The zero-order valence-electron chi connectivity index (χ0n) is 13.0. The molecule has 122 valence electrons. The summed E-state index contributed by atoms with van der Waals surface area (Å²) in [5.41, 5.74) is 1.71. The molecule has 6 nitrogen and oxygen atoms in total. The summed E-state index contributed by atoms with van der Waals surface area (Å²) in [6.45, 7) is 2.01. The number of nitrogens with zero attached hydrogens (tertiary/aromatic N) is 2. The van der Waals surface area contributed by atoms with Gasteiger partial charge in [-0.25, -0.2) is 0 Å². The molecule has 0 aliphatic rings. The maximum atomic E-state index is 12.4. The summed E-state index contributed by atoms with van der Waals surface area (Å²) >= 11 is 1.24. The Hall–Kier alpha value is -2.93. The van der Waals surface area contributed by atoms with E-state index in [2.05, 4.69) is 15.7 Å². The van der Waals surface area contributed by atoms with Crippen molar-refractivity contribution in [3.8, 4) is 0 Å². The normalized spacial score (nSPS) is 10.4. The Morgan fingerprint density at radius 1 is 1.12 bits per heavy atom. The first-order valence-electron chi connectivity index (χ1n) is 7.36. The Balaban J connectivity index is 1.74. The second kappa shape index (κ2) is 7.10. The Morgan fingerprint density at radius 2 is 1.96 bits per heavy atom. The molecule has 0 unspecified atom stereocenters. The first kappa shape index (κ1) is 15.9. The molecule has 2 N–H and O–H groups in total. The number of amides is 2. The molecule has 0 saturated carbocycles. The molecule has 2 heterocycles. The molecule has 24 heavy (non-hydrogen) atoms. The molecule has 0 aliphatic heterocycles. The summed E-state index contributed by atoms with van der Waals surface area (Å²) in [5.74, 6) is -0.363. The topological polar surface area (TPSA) is 76.0 Å². The van der Waals surface area contributed by atoms with E-state index in [0.29, 0.717) is 16.4 Å². The van der Waals surface area contributed by atoms with Gasteiger partial charge in [0.15, 0.2) is 0 Å². The average Bonchev–Trinajstić information content (AvgIpc) is 3.20. The summed E-state index contributed by atoms with van der Waals surface area (Å²) in [5, 5.41) is 10.4. The minimum Gasteiger partial charge on any atom is -0.321 e. The standard InChI is InChI=1S/C17H16N4O2S/c1-12(22)19-16-8-7-15(24-16)17(23)20-14-6-3-2-5-13(14)11-21-10-4-9-18-21/h2-10H,11H2,1H3,(H,19,22)(H,20,23). The number of carbonyl (C=O) groups excluding carboxylic acids is 2. The first-order valence-corrected chi connectivity index (χ1v) is 8.17. The minimum absolute atomic E-state index is 0.159. The van der Waals surface area contributed by atoms with Gasteiger partial charge >= 0.3 is 0 Å². The lowest BCUT2D eigenvalue weighted by atomic mass is 10.1. The van der Waals surface area contributed by atoms with Crippen molar-refractivity contribution in [3.05, 3.63) is 65.3 Å². The van der Waals surface area contributed by atoms with Crippen LogP contribution < -0.4 is 10.6 Å². The molecular formula is C17H16N4O2S. The molecule has 0 saturated heterocycles. The van der Waals surface area contributed by atoms with Crippen molar-refractivity contribution in [1.82, 2.24) is 9.78 Å². The number of para-hydroxylation sites is 1. The summed E-state index contributed by atoms with van der Waals surface area (Å²) in [7, 11) is 0. The van der Waals surface area contributed by atoms with Gasteiger partial charge in [0, 0.05) is 25.0 Å². The smallest absolute Gasteiger partial charge is 0.265 e. The van der Waals surface area contributed by atoms with Crippen LogP contribution in [0.5, 0.6) is 0 Å². The van der Waals surface area contributed by atoms with Gasteiger partial charge in [0.05, 0.1) is 16.4 Å². The maximum Gasteiger partial charge on any atom is 0.265 e. The maximum absolute atomic E-state index is 12.4.